The quantitative estimate of drug-likeness (QED) is 0.797. The maximum absolute atomic E-state index is 10.0. The van der Waals surface area contributed by atoms with E-state index in [1.807, 2.05) is 13.8 Å². The van der Waals surface area contributed by atoms with E-state index in [9.17, 15) is 10.2 Å². The van der Waals surface area contributed by atoms with Crippen molar-refractivity contribution in [2.75, 3.05) is 13.7 Å². The zero-order valence-corrected chi connectivity index (χ0v) is 11.8. The smallest absolute Gasteiger partial charge is 0.162 e. The van der Waals surface area contributed by atoms with E-state index in [4.69, 9.17) is 10.5 Å². The Bertz CT molecular complexity index is 407. The summed E-state index contributed by atoms with van der Waals surface area (Å²) in [4.78, 5) is 0. The lowest BCUT2D eigenvalue weighted by atomic mass is 9.81. The minimum absolute atomic E-state index is 0.0183. The van der Waals surface area contributed by atoms with Crippen LogP contribution in [0.4, 0.5) is 0 Å². The molecule has 1 atom stereocenters. The first-order valence-corrected chi connectivity index (χ1v) is 6.05. The van der Waals surface area contributed by atoms with Crippen LogP contribution in [0.3, 0.4) is 0 Å². The molecular formula is C12H18BrNO3. The van der Waals surface area contributed by atoms with E-state index in [1.165, 1.54) is 7.11 Å². The molecule has 0 spiro atoms. The Balaban J connectivity index is 3.26. The Hall–Kier alpha value is -0.780. The highest BCUT2D eigenvalue weighted by atomic mass is 79.9. The van der Waals surface area contributed by atoms with Crippen LogP contribution in [0.2, 0.25) is 0 Å². The van der Waals surface area contributed by atoms with Gasteiger partial charge >= 0.3 is 0 Å². The lowest BCUT2D eigenvalue weighted by molar-refractivity contribution is 0.131. The molecule has 1 aromatic rings. The Kier molecular flexibility index (Phi) is 4.41. The third-order valence-electron chi connectivity index (χ3n) is 2.87. The highest BCUT2D eigenvalue weighted by Crippen LogP contribution is 2.41. The lowest BCUT2D eigenvalue weighted by Gasteiger charge is -2.30. The first-order chi connectivity index (χ1) is 7.83. The standard InChI is InChI=1S/C12H18BrNO3/c1-12(2,6-15)11(14)8-4-7(13)5-9(17-3)10(8)16/h4-5,11,15-16H,6,14H2,1-3H3/t11-/m1/s1. The fourth-order valence-corrected chi connectivity index (χ4v) is 1.96. The Morgan fingerprint density at radius 2 is 2.06 bits per heavy atom. The highest BCUT2D eigenvalue weighted by molar-refractivity contribution is 9.10. The van der Waals surface area contributed by atoms with Crippen molar-refractivity contribution in [3.05, 3.63) is 22.2 Å². The largest absolute Gasteiger partial charge is 0.504 e. The third kappa shape index (κ3) is 2.91. The number of ether oxygens (including phenoxy) is 1. The molecular weight excluding hydrogens is 286 g/mol. The summed E-state index contributed by atoms with van der Waals surface area (Å²) < 4.78 is 5.83. The maximum atomic E-state index is 10.0. The summed E-state index contributed by atoms with van der Waals surface area (Å²) in [7, 11) is 1.48. The minimum Gasteiger partial charge on any atom is -0.504 e. The van der Waals surface area contributed by atoms with Gasteiger partial charge in [-0.3, -0.25) is 0 Å². The second-order valence-corrected chi connectivity index (χ2v) is 5.59. The monoisotopic (exact) mass is 303 g/mol. The number of hydrogen-bond acceptors (Lipinski definition) is 4. The summed E-state index contributed by atoms with van der Waals surface area (Å²) >= 11 is 3.34. The SMILES string of the molecule is COc1cc(Br)cc([C@@H](N)C(C)(C)CO)c1O. The number of aromatic hydroxyl groups is 1. The van der Waals surface area contributed by atoms with Crippen LogP contribution in [0, 0.1) is 5.41 Å². The van der Waals surface area contributed by atoms with Crippen LogP contribution in [0.15, 0.2) is 16.6 Å². The van der Waals surface area contributed by atoms with Crippen LogP contribution in [0.25, 0.3) is 0 Å². The van der Waals surface area contributed by atoms with Crippen molar-refractivity contribution in [2.45, 2.75) is 19.9 Å². The Morgan fingerprint density at radius 1 is 1.47 bits per heavy atom. The number of hydrogen-bond donors (Lipinski definition) is 3. The molecule has 0 aliphatic heterocycles. The van der Waals surface area contributed by atoms with Gasteiger partial charge in [-0.2, -0.15) is 0 Å². The molecule has 0 fully saturated rings. The molecule has 0 unspecified atom stereocenters. The molecule has 0 saturated heterocycles. The van der Waals surface area contributed by atoms with Gasteiger partial charge in [0, 0.05) is 28.1 Å². The summed E-state index contributed by atoms with van der Waals surface area (Å²) in [5.41, 5.74) is 6.11. The van der Waals surface area contributed by atoms with Crippen molar-refractivity contribution < 1.29 is 14.9 Å². The van der Waals surface area contributed by atoms with Gasteiger partial charge in [0.2, 0.25) is 0 Å². The van der Waals surface area contributed by atoms with Gasteiger partial charge in [-0.15, -0.1) is 0 Å². The zero-order chi connectivity index (χ0) is 13.2. The van der Waals surface area contributed by atoms with E-state index in [2.05, 4.69) is 15.9 Å². The minimum atomic E-state index is -0.525. The number of phenolic OH excluding ortho intramolecular Hbond substituents is 1. The summed E-state index contributed by atoms with van der Waals surface area (Å²) in [6, 6.07) is 2.91. The Morgan fingerprint density at radius 3 is 2.53 bits per heavy atom. The van der Waals surface area contributed by atoms with Crippen LogP contribution in [-0.2, 0) is 0 Å². The van der Waals surface area contributed by atoms with Gasteiger partial charge in [0.15, 0.2) is 11.5 Å². The van der Waals surface area contributed by atoms with Crippen molar-refractivity contribution in [1.82, 2.24) is 0 Å². The number of aliphatic hydroxyl groups is 1. The molecule has 4 nitrogen and oxygen atoms in total. The molecule has 17 heavy (non-hydrogen) atoms. The average molecular weight is 304 g/mol. The van der Waals surface area contributed by atoms with E-state index in [1.54, 1.807) is 12.1 Å². The number of methoxy groups -OCH3 is 1. The van der Waals surface area contributed by atoms with Gasteiger partial charge in [-0.05, 0) is 12.1 Å². The normalized spacial score (nSPS) is 13.5. The van der Waals surface area contributed by atoms with Gasteiger partial charge in [0.1, 0.15) is 0 Å². The van der Waals surface area contributed by atoms with E-state index < -0.39 is 11.5 Å². The second kappa shape index (κ2) is 5.25. The van der Waals surface area contributed by atoms with Crippen molar-refractivity contribution in [1.29, 1.82) is 0 Å². The van der Waals surface area contributed by atoms with Gasteiger partial charge in [-0.25, -0.2) is 0 Å². The molecule has 0 aliphatic rings. The topological polar surface area (TPSA) is 75.7 Å². The fourth-order valence-electron chi connectivity index (χ4n) is 1.51. The number of halogens is 1. The van der Waals surface area contributed by atoms with Gasteiger partial charge < -0.3 is 20.7 Å². The summed E-state index contributed by atoms with van der Waals surface area (Å²) in [5.74, 6) is 0.378. The van der Waals surface area contributed by atoms with Gasteiger partial charge in [0.05, 0.1) is 7.11 Å². The van der Waals surface area contributed by atoms with Crippen LogP contribution in [-0.4, -0.2) is 23.9 Å². The predicted octanol–water partition coefficient (Wildman–Crippen LogP) is 2.18. The first kappa shape index (κ1) is 14.3. The Labute approximate surface area is 110 Å². The molecule has 1 rings (SSSR count). The van der Waals surface area contributed by atoms with E-state index in [0.29, 0.717) is 11.3 Å². The second-order valence-electron chi connectivity index (χ2n) is 4.67. The summed E-state index contributed by atoms with van der Waals surface area (Å²) in [5, 5.41) is 19.3. The van der Waals surface area contributed by atoms with Gasteiger partial charge in [-0.1, -0.05) is 29.8 Å². The summed E-state index contributed by atoms with van der Waals surface area (Å²) in [6.45, 7) is 3.61. The molecule has 0 aromatic heterocycles. The number of nitrogens with two attached hydrogens (primary N) is 1. The van der Waals surface area contributed by atoms with Crippen molar-refractivity contribution >= 4 is 15.9 Å². The van der Waals surface area contributed by atoms with Crippen LogP contribution in [0.5, 0.6) is 11.5 Å². The predicted molar refractivity (Wildman–Crippen MR) is 70.2 cm³/mol. The number of aliphatic hydroxyl groups excluding tert-OH is 1. The number of rotatable bonds is 4. The molecule has 0 amide bonds. The lowest BCUT2D eigenvalue weighted by Crippen LogP contribution is -2.32. The van der Waals surface area contributed by atoms with Crippen molar-refractivity contribution in [3.8, 4) is 11.5 Å². The molecule has 0 saturated carbocycles. The number of phenols is 1. The van der Waals surface area contributed by atoms with E-state index in [-0.39, 0.29) is 12.4 Å². The van der Waals surface area contributed by atoms with Crippen LogP contribution in [0.1, 0.15) is 25.5 Å². The fraction of sp³-hybridized carbons (Fsp3) is 0.500. The van der Waals surface area contributed by atoms with Gasteiger partial charge in [0.25, 0.3) is 0 Å². The molecule has 1 aromatic carbocycles. The van der Waals surface area contributed by atoms with Crippen molar-refractivity contribution in [2.24, 2.45) is 11.1 Å². The maximum Gasteiger partial charge on any atom is 0.162 e. The number of benzene rings is 1. The molecule has 0 bridgehead atoms. The molecule has 0 aliphatic carbocycles. The zero-order valence-electron chi connectivity index (χ0n) is 10.2. The van der Waals surface area contributed by atoms with Crippen LogP contribution >= 0.6 is 15.9 Å². The summed E-state index contributed by atoms with van der Waals surface area (Å²) in [6.07, 6.45) is 0. The van der Waals surface area contributed by atoms with Crippen LogP contribution < -0.4 is 10.5 Å². The first-order valence-electron chi connectivity index (χ1n) is 5.26. The molecule has 0 heterocycles. The van der Waals surface area contributed by atoms with E-state index >= 15 is 0 Å². The molecule has 4 N–H and O–H groups in total. The van der Waals surface area contributed by atoms with E-state index in [0.717, 1.165) is 4.47 Å². The third-order valence-corrected chi connectivity index (χ3v) is 3.33. The molecule has 0 radical (unpaired) electrons. The molecule has 5 heteroatoms. The average Bonchev–Trinajstić information content (AvgIpc) is 2.30. The molecule has 96 valence electrons. The van der Waals surface area contributed by atoms with Crippen molar-refractivity contribution in [3.63, 3.8) is 0 Å². The highest BCUT2D eigenvalue weighted by Gasteiger charge is 2.30.